The van der Waals surface area contributed by atoms with Gasteiger partial charge in [0, 0.05) is 0 Å². The normalized spacial score (nSPS) is 15.5. The molecule has 0 atom stereocenters. The molecule has 0 amide bonds. The summed E-state index contributed by atoms with van der Waals surface area (Å²) in [7, 11) is 0. The number of carbonyl (C=O) groups is 3. The summed E-state index contributed by atoms with van der Waals surface area (Å²) in [6.45, 7) is 0.145. The molecule has 0 spiro atoms. The van der Waals surface area contributed by atoms with Gasteiger partial charge < -0.3 is 4.74 Å². The van der Waals surface area contributed by atoms with E-state index in [0.717, 1.165) is 18.4 Å². The average molecular weight is 152 g/mol. The number of hydrogen-bond acceptors (Lipinski definition) is 4. The van der Waals surface area contributed by atoms with Crippen LogP contribution in [0.4, 0.5) is 0 Å². The number of allylic oxidation sites excluding steroid dienone is 3. The van der Waals surface area contributed by atoms with E-state index < -0.39 is 11.6 Å². The molecule has 0 aliphatic heterocycles. The quantitative estimate of drug-likeness (QED) is 0.237. The Bertz CT molecular complexity index is 252. The summed E-state index contributed by atoms with van der Waals surface area (Å²) in [6.07, 6.45) is 3.10. The number of hydrogen-bond donors (Lipinski definition) is 0. The van der Waals surface area contributed by atoms with Crippen molar-refractivity contribution in [1.82, 2.24) is 0 Å². The Kier molecular flexibility index (Phi) is 1.96. The third-order valence-corrected chi connectivity index (χ3v) is 1.16. The minimum Gasteiger partial charge on any atom is -0.436 e. The molecule has 0 aromatic heterocycles. The summed E-state index contributed by atoms with van der Waals surface area (Å²) in [5.41, 5.74) is -0.114. The lowest BCUT2D eigenvalue weighted by Gasteiger charge is -1.89. The van der Waals surface area contributed by atoms with E-state index in [1.54, 1.807) is 0 Å². The van der Waals surface area contributed by atoms with Crippen molar-refractivity contribution in [3.05, 3.63) is 24.0 Å². The maximum atomic E-state index is 10.7. The van der Waals surface area contributed by atoms with Crippen LogP contribution in [-0.2, 0) is 19.1 Å². The van der Waals surface area contributed by atoms with Gasteiger partial charge >= 0.3 is 0 Å². The highest BCUT2D eigenvalue weighted by Gasteiger charge is 2.20. The Morgan fingerprint density at radius 1 is 1.18 bits per heavy atom. The molecule has 0 radical (unpaired) electrons. The highest BCUT2D eigenvalue weighted by Crippen LogP contribution is 2.08. The van der Waals surface area contributed by atoms with Crippen LogP contribution < -0.4 is 0 Å². The zero-order valence-corrected chi connectivity index (χ0v) is 5.44. The summed E-state index contributed by atoms with van der Waals surface area (Å²) >= 11 is 0. The number of ether oxygens (including phenoxy) is 1. The summed E-state index contributed by atoms with van der Waals surface area (Å²) in [5, 5.41) is 0. The fourth-order valence-corrected chi connectivity index (χ4v) is 0.664. The third kappa shape index (κ3) is 1.40. The van der Waals surface area contributed by atoms with Gasteiger partial charge in [-0.15, -0.1) is 0 Å². The minimum absolute atomic E-state index is 0.114. The third-order valence-electron chi connectivity index (χ3n) is 1.16. The second-order valence-electron chi connectivity index (χ2n) is 1.83. The fourth-order valence-electron chi connectivity index (χ4n) is 0.664. The predicted molar refractivity (Wildman–Crippen MR) is 34.4 cm³/mol. The Morgan fingerprint density at radius 2 is 1.73 bits per heavy atom. The van der Waals surface area contributed by atoms with Crippen molar-refractivity contribution in [2.45, 2.75) is 0 Å². The van der Waals surface area contributed by atoms with Crippen LogP contribution in [0.15, 0.2) is 24.0 Å². The number of ketones is 2. The highest BCUT2D eigenvalue weighted by molar-refractivity contribution is 6.33. The Balaban J connectivity index is 2.80. The van der Waals surface area contributed by atoms with Crippen molar-refractivity contribution >= 4 is 18.0 Å². The van der Waals surface area contributed by atoms with Crippen molar-refractivity contribution in [3.63, 3.8) is 0 Å². The van der Waals surface area contributed by atoms with Crippen LogP contribution in [0.3, 0.4) is 0 Å². The molecule has 1 rings (SSSR count). The van der Waals surface area contributed by atoms with E-state index in [-0.39, 0.29) is 12.0 Å². The molecule has 0 saturated carbocycles. The molecule has 0 fully saturated rings. The molecule has 0 unspecified atom stereocenters. The van der Waals surface area contributed by atoms with Crippen LogP contribution in [0.2, 0.25) is 0 Å². The van der Waals surface area contributed by atoms with Crippen LogP contribution in [0.5, 0.6) is 0 Å². The highest BCUT2D eigenvalue weighted by atomic mass is 16.5. The van der Waals surface area contributed by atoms with Gasteiger partial charge in [0.25, 0.3) is 6.47 Å². The molecule has 0 N–H and O–H groups in total. The van der Waals surface area contributed by atoms with E-state index in [0.29, 0.717) is 0 Å². The Morgan fingerprint density at radius 3 is 2.18 bits per heavy atom. The zero-order chi connectivity index (χ0) is 8.27. The van der Waals surface area contributed by atoms with Crippen molar-refractivity contribution < 1.29 is 19.1 Å². The standard InChI is InChI=1S/C7H4O4/c8-4-11-3-5-6(9)1-2-7(5)10/h1-4H. The summed E-state index contributed by atoms with van der Waals surface area (Å²) in [4.78, 5) is 31.1. The van der Waals surface area contributed by atoms with Crippen LogP contribution in [-0.4, -0.2) is 18.0 Å². The van der Waals surface area contributed by atoms with Crippen LogP contribution in [0.25, 0.3) is 0 Å². The first-order chi connectivity index (χ1) is 5.25. The van der Waals surface area contributed by atoms with Crippen molar-refractivity contribution in [1.29, 1.82) is 0 Å². The largest absolute Gasteiger partial charge is 0.436 e. The molecule has 4 nitrogen and oxygen atoms in total. The Labute approximate surface area is 62.1 Å². The van der Waals surface area contributed by atoms with E-state index in [9.17, 15) is 14.4 Å². The van der Waals surface area contributed by atoms with Gasteiger partial charge in [0.1, 0.15) is 11.8 Å². The Hall–Kier alpha value is -1.71. The first kappa shape index (κ1) is 7.40. The van der Waals surface area contributed by atoms with Gasteiger partial charge in [0.15, 0.2) is 11.6 Å². The second-order valence-corrected chi connectivity index (χ2v) is 1.83. The molecule has 4 heteroatoms. The average Bonchev–Trinajstić information content (AvgIpc) is 2.29. The topological polar surface area (TPSA) is 60.4 Å². The molecule has 1 aliphatic carbocycles. The van der Waals surface area contributed by atoms with E-state index in [1.807, 2.05) is 0 Å². The second kappa shape index (κ2) is 2.92. The van der Waals surface area contributed by atoms with E-state index in [4.69, 9.17) is 0 Å². The van der Waals surface area contributed by atoms with Gasteiger partial charge in [0.05, 0.1) is 0 Å². The molecule has 0 heterocycles. The predicted octanol–water partition coefficient (Wildman–Crippen LogP) is -0.249. The molecule has 56 valence electrons. The monoisotopic (exact) mass is 152 g/mol. The van der Waals surface area contributed by atoms with E-state index in [2.05, 4.69) is 4.74 Å². The molecule has 11 heavy (non-hydrogen) atoms. The molecule has 0 aromatic rings. The van der Waals surface area contributed by atoms with Crippen molar-refractivity contribution in [3.8, 4) is 0 Å². The van der Waals surface area contributed by atoms with Gasteiger partial charge in [-0.3, -0.25) is 14.4 Å². The van der Waals surface area contributed by atoms with Crippen LogP contribution in [0, 0.1) is 0 Å². The summed E-state index contributed by atoms with van der Waals surface area (Å²) in [5.74, 6) is -0.867. The van der Waals surface area contributed by atoms with Gasteiger partial charge in [-0.25, -0.2) is 0 Å². The van der Waals surface area contributed by atoms with Crippen LogP contribution in [0.1, 0.15) is 0 Å². The van der Waals surface area contributed by atoms with Crippen molar-refractivity contribution in [2.75, 3.05) is 0 Å². The first-order valence-corrected chi connectivity index (χ1v) is 2.81. The van der Waals surface area contributed by atoms with Gasteiger partial charge in [-0.1, -0.05) is 0 Å². The van der Waals surface area contributed by atoms with Gasteiger partial charge in [-0.05, 0) is 12.2 Å². The number of rotatable bonds is 2. The van der Waals surface area contributed by atoms with E-state index >= 15 is 0 Å². The van der Waals surface area contributed by atoms with Gasteiger partial charge in [-0.2, -0.15) is 0 Å². The molecule has 0 saturated heterocycles. The number of carbonyl (C=O) groups excluding carboxylic acids is 3. The molecule has 0 bridgehead atoms. The van der Waals surface area contributed by atoms with Crippen LogP contribution >= 0.6 is 0 Å². The minimum atomic E-state index is -0.433. The lowest BCUT2D eigenvalue weighted by molar-refractivity contribution is -0.123. The molecular formula is C7H4O4. The van der Waals surface area contributed by atoms with E-state index in [1.165, 1.54) is 0 Å². The lowest BCUT2D eigenvalue weighted by atomic mass is 10.2. The fraction of sp³-hybridized carbons (Fsp3) is 0. The maximum Gasteiger partial charge on any atom is 0.297 e. The summed E-state index contributed by atoms with van der Waals surface area (Å²) in [6, 6.07) is 0. The molecule has 1 aliphatic rings. The smallest absolute Gasteiger partial charge is 0.297 e. The maximum absolute atomic E-state index is 10.7. The molecule has 0 aromatic carbocycles. The lowest BCUT2D eigenvalue weighted by Crippen LogP contribution is -2.01. The van der Waals surface area contributed by atoms with Gasteiger partial charge in [0.2, 0.25) is 0 Å². The molecular weight excluding hydrogens is 148 g/mol. The zero-order valence-electron chi connectivity index (χ0n) is 5.44. The first-order valence-electron chi connectivity index (χ1n) is 2.81. The summed E-state index contributed by atoms with van der Waals surface area (Å²) < 4.78 is 4.13. The van der Waals surface area contributed by atoms with Crippen molar-refractivity contribution in [2.24, 2.45) is 0 Å². The SMILES string of the molecule is O=COC=C1C(=O)C=CC1=O.